The van der Waals surface area contributed by atoms with Crippen LogP contribution in [0.3, 0.4) is 0 Å². The summed E-state index contributed by atoms with van der Waals surface area (Å²) < 4.78 is 22.2. The molecule has 0 N–H and O–H groups in total. The van der Waals surface area contributed by atoms with Gasteiger partial charge < -0.3 is 18.9 Å². The molecule has 13 heavy (non-hydrogen) atoms. The number of hydrogen-bond acceptors (Lipinski definition) is 4. The third-order valence-electron chi connectivity index (χ3n) is 3.03. The van der Waals surface area contributed by atoms with Gasteiger partial charge in [0, 0.05) is 14.2 Å². The first-order valence-electron chi connectivity index (χ1n) is 4.57. The van der Waals surface area contributed by atoms with E-state index in [4.69, 9.17) is 18.9 Å². The minimum absolute atomic E-state index is 0.0000463. The second kappa shape index (κ2) is 2.95. The molecule has 0 amide bonds. The predicted molar refractivity (Wildman–Crippen MR) is 48.3 cm³/mol. The van der Waals surface area contributed by atoms with E-state index in [1.54, 1.807) is 14.2 Å². The Balaban J connectivity index is 2.29. The Morgan fingerprint density at radius 1 is 1.38 bits per heavy atom. The minimum Gasteiger partial charge on any atom is -0.373 e. The molecule has 2 rings (SSSR count). The monoisotopic (exact) mass is 186 g/mol. The lowest BCUT2D eigenvalue weighted by atomic mass is 9.93. The first kappa shape index (κ1) is 9.46. The fraction of sp³-hybridized carbons (Fsp3) is 1.00. The number of rotatable bonds is 2. The molecule has 0 aromatic carbocycles. The molecule has 5 heteroatoms. The van der Waals surface area contributed by atoms with Crippen molar-refractivity contribution in [2.45, 2.75) is 37.0 Å². The zero-order valence-electron chi connectivity index (χ0n) is 8.44. The Hall–Kier alpha value is -0.0951. The molecule has 0 spiro atoms. The van der Waals surface area contributed by atoms with Crippen LogP contribution in [0.15, 0.2) is 0 Å². The molecule has 2 bridgehead atoms. The standard InChI is InChI=1S/C8H15BO4/c1-4-8(11-3)6(10-2)5(12-4)7(9)13-8/h4-7H,9H2,1-3H3/t4-,5-,6?,7+,8-/m0/s1. The van der Waals surface area contributed by atoms with E-state index < -0.39 is 5.79 Å². The molecular weight excluding hydrogens is 171 g/mol. The van der Waals surface area contributed by atoms with Crippen molar-refractivity contribution in [3.05, 3.63) is 0 Å². The largest absolute Gasteiger partial charge is 0.373 e. The molecule has 2 aliphatic heterocycles. The van der Waals surface area contributed by atoms with Gasteiger partial charge >= 0.3 is 0 Å². The molecule has 74 valence electrons. The maximum Gasteiger partial charge on any atom is 0.223 e. The van der Waals surface area contributed by atoms with Crippen molar-refractivity contribution in [2.24, 2.45) is 0 Å². The molecule has 0 aromatic rings. The lowest BCUT2D eigenvalue weighted by molar-refractivity contribution is -0.280. The quantitative estimate of drug-likeness (QED) is 0.525. The molecule has 2 heterocycles. The van der Waals surface area contributed by atoms with E-state index in [2.05, 4.69) is 0 Å². The van der Waals surface area contributed by atoms with Crippen molar-refractivity contribution >= 4 is 7.85 Å². The van der Waals surface area contributed by atoms with Gasteiger partial charge in [-0.1, -0.05) is 0 Å². The van der Waals surface area contributed by atoms with Gasteiger partial charge in [0.05, 0.1) is 6.00 Å². The van der Waals surface area contributed by atoms with Crippen LogP contribution in [0.5, 0.6) is 0 Å². The number of fused-ring (bicyclic) bond motifs is 2. The van der Waals surface area contributed by atoms with Crippen LogP contribution in [0.2, 0.25) is 0 Å². The molecule has 0 aliphatic carbocycles. The van der Waals surface area contributed by atoms with Crippen LogP contribution in [0.4, 0.5) is 0 Å². The SMILES string of the molecule is B[C@@H]1O[C@]2(OC)C(OC)[C@@H]1O[C@H]2C. The van der Waals surface area contributed by atoms with Gasteiger partial charge in [-0.3, -0.25) is 0 Å². The highest BCUT2D eigenvalue weighted by atomic mass is 16.8. The molecule has 5 atom stereocenters. The molecule has 0 saturated carbocycles. The van der Waals surface area contributed by atoms with Crippen molar-refractivity contribution in [1.29, 1.82) is 0 Å². The normalized spacial score (nSPS) is 54.4. The van der Waals surface area contributed by atoms with Gasteiger partial charge in [-0.05, 0) is 6.92 Å². The van der Waals surface area contributed by atoms with E-state index in [1.165, 1.54) is 0 Å². The maximum absolute atomic E-state index is 5.74. The summed E-state index contributed by atoms with van der Waals surface area (Å²) in [6.07, 6.45) is -0.175. The highest BCUT2D eigenvalue weighted by Crippen LogP contribution is 2.45. The van der Waals surface area contributed by atoms with Gasteiger partial charge in [0.15, 0.2) is 0 Å². The molecule has 2 aliphatic rings. The summed E-state index contributed by atoms with van der Waals surface area (Å²) in [6, 6.07) is 0.0427. The third-order valence-corrected chi connectivity index (χ3v) is 3.03. The van der Waals surface area contributed by atoms with Gasteiger partial charge in [-0.25, -0.2) is 0 Å². The van der Waals surface area contributed by atoms with E-state index in [-0.39, 0.29) is 24.3 Å². The molecule has 2 fully saturated rings. The number of methoxy groups -OCH3 is 2. The average molecular weight is 186 g/mol. The average Bonchev–Trinajstić information content (AvgIpc) is 2.54. The summed E-state index contributed by atoms with van der Waals surface area (Å²) in [4.78, 5) is 0. The Labute approximate surface area is 78.9 Å². The first-order valence-corrected chi connectivity index (χ1v) is 4.57. The minimum atomic E-state index is -0.696. The Morgan fingerprint density at radius 2 is 2.08 bits per heavy atom. The topological polar surface area (TPSA) is 36.9 Å². The smallest absolute Gasteiger partial charge is 0.223 e. The Morgan fingerprint density at radius 3 is 2.54 bits per heavy atom. The summed E-state index contributed by atoms with van der Waals surface area (Å²) in [5.41, 5.74) is 0. The van der Waals surface area contributed by atoms with Crippen LogP contribution >= 0.6 is 0 Å². The molecule has 0 radical (unpaired) electrons. The van der Waals surface area contributed by atoms with Crippen molar-refractivity contribution in [3.63, 3.8) is 0 Å². The lowest BCUT2D eigenvalue weighted by Gasteiger charge is -2.33. The van der Waals surface area contributed by atoms with Gasteiger partial charge in [0.1, 0.15) is 26.2 Å². The molecule has 1 unspecified atom stereocenters. The fourth-order valence-electron chi connectivity index (χ4n) is 2.37. The molecule has 2 saturated heterocycles. The highest BCUT2D eigenvalue weighted by Gasteiger charge is 2.65. The van der Waals surface area contributed by atoms with E-state index in [9.17, 15) is 0 Å². The summed E-state index contributed by atoms with van der Waals surface area (Å²) in [6.45, 7) is 1.95. The first-order chi connectivity index (χ1) is 6.15. The van der Waals surface area contributed by atoms with Gasteiger partial charge in [-0.15, -0.1) is 0 Å². The number of hydrogen-bond donors (Lipinski definition) is 0. The molecular formula is C8H15BO4. The third kappa shape index (κ3) is 1.02. The fourth-order valence-corrected chi connectivity index (χ4v) is 2.37. The van der Waals surface area contributed by atoms with Crippen molar-refractivity contribution in [3.8, 4) is 0 Å². The summed E-state index contributed by atoms with van der Waals surface area (Å²) in [7, 11) is 5.27. The zero-order chi connectivity index (χ0) is 9.64. The van der Waals surface area contributed by atoms with Gasteiger partial charge in [0.25, 0.3) is 0 Å². The van der Waals surface area contributed by atoms with Crippen LogP contribution in [0.25, 0.3) is 0 Å². The molecule has 4 nitrogen and oxygen atoms in total. The van der Waals surface area contributed by atoms with E-state index in [0.29, 0.717) is 0 Å². The lowest BCUT2D eigenvalue weighted by Crippen LogP contribution is -2.48. The number of ether oxygens (including phenoxy) is 4. The zero-order valence-corrected chi connectivity index (χ0v) is 8.44. The summed E-state index contributed by atoms with van der Waals surface area (Å²) in [5, 5.41) is 0. The van der Waals surface area contributed by atoms with Crippen molar-refractivity contribution in [1.82, 2.24) is 0 Å². The second-order valence-electron chi connectivity index (χ2n) is 3.65. The predicted octanol–water partition coefficient (Wildman–Crippen LogP) is -0.879. The van der Waals surface area contributed by atoms with Crippen LogP contribution in [0, 0.1) is 0 Å². The van der Waals surface area contributed by atoms with E-state index in [0.717, 1.165) is 0 Å². The van der Waals surface area contributed by atoms with Crippen molar-refractivity contribution < 1.29 is 18.9 Å². The van der Waals surface area contributed by atoms with Crippen LogP contribution in [-0.4, -0.2) is 52.2 Å². The summed E-state index contributed by atoms with van der Waals surface area (Å²) >= 11 is 0. The maximum atomic E-state index is 5.74. The van der Waals surface area contributed by atoms with Crippen LogP contribution in [0.1, 0.15) is 6.92 Å². The van der Waals surface area contributed by atoms with Gasteiger partial charge in [-0.2, -0.15) is 0 Å². The Kier molecular flexibility index (Phi) is 2.15. The summed E-state index contributed by atoms with van der Waals surface area (Å²) in [5.74, 6) is -0.696. The van der Waals surface area contributed by atoms with Gasteiger partial charge in [0.2, 0.25) is 5.79 Å². The van der Waals surface area contributed by atoms with E-state index >= 15 is 0 Å². The Bertz CT molecular complexity index is 212. The highest BCUT2D eigenvalue weighted by molar-refractivity contribution is 6.11. The molecule has 0 aromatic heterocycles. The van der Waals surface area contributed by atoms with E-state index in [1.807, 2.05) is 14.8 Å². The van der Waals surface area contributed by atoms with Crippen LogP contribution in [-0.2, 0) is 18.9 Å². The second-order valence-corrected chi connectivity index (χ2v) is 3.65. The van der Waals surface area contributed by atoms with Crippen LogP contribution < -0.4 is 0 Å². The van der Waals surface area contributed by atoms with Crippen molar-refractivity contribution in [2.75, 3.05) is 14.2 Å².